The van der Waals surface area contributed by atoms with E-state index in [1.807, 2.05) is 24.3 Å². The van der Waals surface area contributed by atoms with E-state index in [-0.39, 0.29) is 5.57 Å². The van der Waals surface area contributed by atoms with Gasteiger partial charge in [0.2, 0.25) is 0 Å². The molecule has 0 spiro atoms. The molecule has 1 fully saturated rings. The van der Waals surface area contributed by atoms with Crippen LogP contribution in [0.1, 0.15) is 5.76 Å². The van der Waals surface area contributed by atoms with Crippen LogP contribution in [-0.2, 0) is 4.74 Å². The number of hydrogen-bond acceptors (Lipinski definition) is 6. The molecule has 0 amide bonds. The van der Waals surface area contributed by atoms with E-state index >= 15 is 0 Å². The number of nitrogens with zero attached hydrogens (tertiary/aromatic N) is 3. The first-order chi connectivity index (χ1) is 10.8. The first-order valence-corrected chi connectivity index (χ1v) is 7.66. The summed E-state index contributed by atoms with van der Waals surface area (Å²) < 4.78 is 11.1. The maximum Gasteiger partial charge on any atom is 0.144 e. The molecule has 0 unspecified atom stereocenters. The van der Waals surface area contributed by atoms with Crippen molar-refractivity contribution in [1.29, 1.82) is 10.5 Å². The molecule has 22 heavy (non-hydrogen) atoms. The number of ether oxygens (including phenoxy) is 1. The number of nitriles is 2. The molecule has 1 aliphatic rings. The van der Waals surface area contributed by atoms with Gasteiger partial charge >= 0.3 is 0 Å². The fraction of sp³-hybridized carbons (Fsp3) is 0.250. The molecule has 1 saturated heterocycles. The van der Waals surface area contributed by atoms with E-state index < -0.39 is 0 Å². The van der Waals surface area contributed by atoms with Crippen LogP contribution in [0.25, 0.3) is 16.7 Å². The van der Waals surface area contributed by atoms with Gasteiger partial charge in [0.1, 0.15) is 29.2 Å². The normalized spacial score (nSPS) is 14.2. The Morgan fingerprint density at radius 2 is 1.91 bits per heavy atom. The maximum atomic E-state index is 8.76. The molecule has 3 heterocycles. The zero-order chi connectivity index (χ0) is 15.4. The monoisotopic (exact) mass is 311 g/mol. The number of hydrogen-bond donors (Lipinski definition) is 0. The molecule has 0 aromatic carbocycles. The van der Waals surface area contributed by atoms with Crippen LogP contribution in [-0.4, -0.2) is 26.3 Å². The van der Waals surface area contributed by atoms with Gasteiger partial charge in [-0.3, -0.25) is 0 Å². The summed E-state index contributed by atoms with van der Waals surface area (Å²) in [5, 5.41) is 18.7. The van der Waals surface area contributed by atoms with Crippen molar-refractivity contribution in [3.8, 4) is 22.8 Å². The molecule has 2 aromatic rings. The lowest BCUT2D eigenvalue weighted by molar-refractivity contribution is 0.123. The molecular formula is C16H13N3O2S. The highest BCUT2D eigenvalue weighted by atomic mass is 32.1. The van der Waals surface area contributed by atoms with Gasteiger partial charge in [-0.2, -0.15) is 10.5 Å². The van der Waals surface area contributed by atoms with E-state index in [0.717, 1.165) is 36.9 Å². The van der Waals surface area contributed by atoms with E-state index in [0.29, 0.717) is 5.76 Å². The van der Waals surface area contributed by atoms with Crippen LogP contribution in [0.4, 0.5) is 5.00 Å². The van der Waals surface area contributed by atoms with Gasteiger partial charge in [-0.1, -0.05) is 0 Å². The molecule has 0 aliphatic carbocycles. The largest absolute Gasteiger partial charge is 0.456 e. The van der Waals surface area contributed by atoms with Gasteiger partial charge < -0.3 is 14.1 Å². The minimum atomic E-state index is 0.0288. The molecule has 1 aliphatic heterocycles. The van der Waals surface area contributed by atoms with Gasteiger partial charge in [-0.05, 0) is 24.3 Å². The van der Waals surface area contributed by atoms with Gasteiger partial charge in [0.25, 0.3) is 0 Å². The van der Waals surface area contributed by atoms with Crippen LogP contribution in [0.2, 0.25) is 0 Å². The third-order valence-electron chi connectivity index (χ3n) is 3.31. The second-order valence-electron chi connectivity index (χ2n) is 4.72. The average Bonchev–Trinajstić information content (AvgIpc) is 3.22. The smallest absolute Gasteiger partial charge is 0.144 e. The highest BCUT2D eigenvalue weighted by Gasteiger charge is 2.15. The van der Waals surface area contributed by atoms with Gasteiger partial charge in [-0.15, -0.1) is 11.3 Å². The summed E-state index contributed by atoms with van der Waals surface area (Å²) in [7, 11) is 0. The lowest BCUT2D eigenvalue weighted by Crippen LogP contribution is -2.35. The summed E-state index contributed by atoms with van der Waals surface area (Å²) in [5.41, 5.74) is 0.0288. The number of morpholine rings is 1. The number of thiophene rings is 1. The molecule has 6 heteroatoms. The predicted octanol–water partition coefficient (Wildman–Crippen LogP) is 3.28. The molecular weight excluding hydrogens is 298 g/mol. The molecule has 0 atom stereocenters. The fourth-order valence-corrected chi connectivity index (χ4v) is 3.23. The van der Waals surface area contributed by atoms with Gasteiger partial charge in [0.15, 0.2) is 0 Å². The minimum Gasteiger partial charge on any atom is -0.456 e. The molecule has 0 N–H and O–H groups in total. The van der Waals surface area contributed by atoms with Crippen LogP contribution in [0.5, 0.6) is 0 Å². The summed E-state index contributed by atoms with van der Waals surface area (Å²) in [6.07, 6.45) is 1.44. The lowest BCUT2D eigenvalue weighted by Gasteiger charge is -2.27. The summed E-state index contributed by atoms with van der Waals surface area (Å²) in [5.74, 6) is 1.25. The Morgan fingerprint density at radius 1 is 1.14 bits per heavy atom. The summed E-state index contributed by atoms with van der Waals surface area (Å²) in [4.78, 5) is 3.32. The molecule has 110 valence electrons. The average molecular weight is 311 g/mol. The van der Waals surface area contributed by atoms with Crippen LogP contribution in [0.15, 0.2) is 34.3 Å². The molecule has 0 radical (unpaired) electrons. The first kappa shape index (κ1) is 14.4. The van der Waals surface area contributed by atoms with E-state index in [1.54, 1.807) is 17.4 Å². The fourth-order valence-electron chi connectivity index (χ4n) is 2.21. The van der Waals surface area contributed by atoms with Crippen molar-refractivity contribution in [1.82, 2.24) is 0 Å². The highest BCUT2D eigenvalue weighted by Crippen LogP contribution is 2.35. The predicted molar refractivity (Wildman–Crippen MR) is 84.3 cm³/mol. The van der Waals surface area contributed by atoms with Gasteiger partial charge in [0, 0.05) is 19.2 Å². The van der Waals surface area contributed by atoms with Crippen LogP contribution in [0.3, 0.4) is 0 Å². The quantitative estimate of drug-likeness (QED) is 0.813. The van der Waals surface area contributed by atoms with Gasteiger partial charge in [0.05, 0.1) is 23.1 Å². The topological polar surface area (TPSA) is 73.2 Å². The highest BCUT2D eigenvalue weighted by molar-refractivity contribution is 7.19. The van der Waals surface area contributed by atoms with Crippen molar-refractivity contribution in [2.24, 2.45) is 0 Å². The molecule has 2 aromatic heterocycles. The van der Waals surface area contributed by atoms with Gasteiger partial charge in [-0.25, -0.2) is 0 Å². The van der Waals surface area contributed by atoms with Crippen molar-refractivity contribution in [2.75, 3.05) is 31.2 Å². The van der Waals surface area contributed by atoms with Crippen molar-refractivity contribution < 1.29 is 9.15 Å². The van der Waals surface area contributed by atoms with Crippen LogP contribution in [0, 0.1) is 22.7 Å². The van der Waals surface area contributed by atoms with Crippen molar-refractivity contribution in [2.45, 2.75) is 0 Å². The van der Waals surface area contributed by atoms with E-state index in [1.165, 1.54) is 11.1 Å². The lowest BCUT2D eigenvalue weighted by atomic mass is 10.2. The summed E-state index contributed by atoms with van der Waals surface area (Å²) in [6, 6.07) is 11.4. The number of anilines is 1. The van der Waals surface area contributed by atoms with Crippen molar-refractivity contribution in [3.05, 3.63) is 35.6 Å². The minimum absolute atomic E-state index is 0.0288. The zero-order valence-corrected chi connectivity index (χ0v) is 12.6. The summed E-state index contributed by atoms with van der Waals surface area (Å²) >= 11 is 1.66. The second kappa shape index (κ2) is 6.48. The summed E-state index contributed by atoms with van der Waals surface area (Å²) in [6.45, 7) is 3.32. The Kier molecular flexibility index (Phi) is 4.24. The first-order valence-electron chi connectivity index (χ1n) is 6.85. The Hall–Kier alpha value is -2.54. The van der Waals surface area contributed by atoms with E-state index in [2.05, 4.69) is 11.0 Å². The Morgan fingerprint density at radius 3 is 2.64 bits per heavy atom. The van der Waals surface area contributed by atoms with Crippen molar-refractivity contribution >= 4 is 22.4 Å². The molecule has 3 rings (SSSR count). The Labute approximate surface area is 132 Å². The SMILES string of the molecule is N#CC(C#N)=Cc1ccc(-c2ccc(N3CCOCC3)s2)o1. The number of furan rings is 1. The molecule has 0 bridgehead atoms. The van der Waals surface area contributed by atoms with E-state index in [9.17, 15) is 0 Å². The number of allylic oxidation sites excluding steroid dienone is 1. The third kappa shape index (κ3) is 3.04. The second-order valence-corrected chi connectivity index (χ2v) is 5.78. The Bertz CT molecular complexity index is 754. The molecule has 5 nitrogen and oxygen atoms in total. The molecule has 0 saturated carbocycles. The third-order valence-corrected chi connectivity index (χ3v) is 4.47. The van der Waals surface area contributed by atoms with Crippen LogP contribution >= 0.6 is 11.3 Å². The standard InChI is InChI=1S/C16H13N3O2S/c17-10-12(11-18)9-13-1-2-14(21-13)15-3-4-16(22-15)19-5-7-20-8-6-19/h1-4,9H,5-8H2. The number of rotatable bonds is 3. The zero-order valence-electron chi connectivity index (χ0n) is 11.8. The van der Waals surface area contributed by atoms with Crippen molar-refractivity contribution in [3.63, 3.8) is 0 Å². The van der Waals surface area contributed by atoms with Crippen LogP contribution < -0.4 is 4.90 Å². The maximum absolute atomic E-state index is 8.76. The van der Waals surface area contributed by atoms with E-state index in [4.69, 9.17) is 19.7 Å². The Balaban J connectivity index is 1.80.